The van der Waals surface area contributed by atoms with Crippen LogP contribution in [-0.2, 0) is 6.42 Å². The Kier molecular flexibility index (Phi) is 3.63. The number of rotatable bonds is 3. The molecule has 0 radical (unpaired) electrons. The van der Waals surface area contributed by atoms with Gasteiger partial charge < -0.3 is 4.74 Å². The fourth-order valence-electron chi connectivity index (χ4n) is 2.43. The van der Waals surface area contributed by atoms with E-state index in [1.807, 2.05) is 6.92 Å². The van der Waals surface area contributed by atoms with Gasteiger partial charge in [0.1, 0.15) is 17.4 Å². The summed E-state index contributed by atoms with van der Waals surface area (Å²) >= 11 is 0. The normalized spacial score (nSPS) is 10.9. The molecule has 22 heavy (non-hydrogen) atoms. The van der Waals surface area contributed by atoms with Gasteiger partial charge in [0, 0.05) is 6.42 Å². The summed E-state index contributed by atoms with van der Waals surface area (Å²) in [5.41, 5.74) is 1.04. The Morgan fingerprint density at radius 3 is 2.55 bits per heavy atom. The number of aromatic nitrogens is 2. The molecule has 0 fully saturated rings. The molecule has 0 atom stereocenters. The zero-order valence-corrected chi connectivity index (χ0v) is 12.3. The summed E-state index contributed by atoms with van der Waals surface area (Å²) < 4.78 is 19.8. The van der Waals surface area contributed by atoms with Gasteiger partial charge in [0.2, 0.25) is 0 Å². The lowest BCUT2D eigenvalue weighted by molar-refractivity contribution is 0.415. The van der Waals surface area contributed by atoms with Crippen molar-refractivity contribution >= 4 is 10.9 Å². The minimum absolute atomic E-state index is 0.188. The summed E-state index contributed by atoms with van der Waals surface area (Å²) in [7, 11) is 1.55. The van der Waals surface area contributed by atoms with E-state index in [9.17, 15) is 9.18 Å². The largest absolute Gasteiger partial charge is 0.497 e. The van der Waals surface area contributed by atoms with E-state index >= 15 is 0 Å². The molecular weight excluding hydrogens is 283 g/mol. The molecule has 2 aromatic carbocycles. The second-order valence-corrected chi connectivity index (χ2v) is 4.88. The number of ether oxygens (including phenoxy) is 1. The fourth-order valence-corrected chi connectivity index (χ4v) is 2.43. The molecule has 4 nitrogen and oxygen atoms in total. The average Bonchev–Trinajstić information content (AvgIpc) is 2.55. The number of hydrogen-bond donors (Lipinski definition) is 0. The maximum Gasteiger partial charge on any atom is 0.266 e. The Bertz CT molecular complexity index is 886. The molecule has 5 heteroatoms. The van der Waals surface area contributed by atoms with E-state index in [4.69, 9.17) is 4.74 Å². The second kappa shape index (κ2) is 5.60. The van der Waals surface area contributed by atoms with Crippen LogP contribution in [0.15, 0.2) is 47.3 Å². The van der Waals surface area contributed by atoms with E-state index < -0.39 is 0 Å². The second-order valence-electron chi connectivity index (χ2n) is 4.88. The molecule has 0 aliphatic heterocycles. The molecule has 0 spiro atoms. The zero-order chi connectivity index (χ0) is 15.7. The van der Waals surface area contributed by atoms with Gasteiger partial charge in [0.25, 0.3) is 5.56 Å². The van der Waals surface area contributed by atoms with Crippen LogP contribution in [0.25, 0.3) is 16.6 Å². The van der Waals surface area contributed by atoms with Gasteiger partial charge in [-0.25, -0.2) is 9.37 Å². The molecule has 0 aliphatic carbocycles. The molecule has 1 aromatic heterocycles. The van der Waals surface area contributed by atoms with Crippen LogP contribution in [0.1, 0.15) is 12.7 Å². The van der Waals surface area contributed by atoms with E-state index in [-0.39, 0.29) is 11.4 Å². The van der Waals surface area contributed by atoms with Gasteiger partial charge in [0.15, 0.2) is 0 Å². The fraction of sp³-hybridized carbons (Fsp3) is 0.176. The van der Waals surface area contributed by atoms with Gasteiger partial charge in [-0.05, 0) is 42.5 Å². The molecule has 0 saturated carbocycles. The van der Waals surface area contributed by atoms with Crippen molar-refractivity contribution in [1.82, 2.24) is 9.55 Å². The molecule has 3 aromatic rings. The van der Waals surface area contributed by atoms with E-state index in [1.54, 1.807) is 37.4 Å². The van der Waals surface area contributed by atoms with Crippen LogP contribution in [0.2, 0.25) is 0 Å². The molecule has 3 rings (SSSR count). The van der Waals surface area contributed by atoms with Crippen LogP contribution in [0.3, 0.4) is 0 Å². The molecule has 0 saturated heterocycles. The van der Waals surface area contributed by atoms with Crippen molar-refractivity contribution < 1.29 is 9.13 Å². The van der Waals surface area contributed by atoms with Crippen molar-refractivity contribution in [1.29, 1.82) is 0 Å². The van der Waals surface area contributed by atoms with Crippen LogP contribution in [0, 0.1) is 5.82 Å². The van der Waals surface area contributed by atoms with Gasteiger partial charge in [-0.2, -0.15) is 0 Å². The minimum atomic E-state index is -0.342. The molecule has 0 bridgehead atoms. The highest BCUT2D eigenvalue weighted by Gasteiger charge is 2.12. The molecule has 0 unspecified atom stereocenters. The monoisotopic (exact) mass is 298 g/mol. The third-order valence-electron chi connectivity index (χ3n) is 3.55. The van der Waals surface area contributed by atoms with Crippen molar-refractivity contribution in [3.63, 3.8) is 0 Å². The zero-order valence-electron chi connectivity index (χ0n) is 12.3. The third-order valence-corrected chi connectivity index (χ3v) is 3.55. The predicted molar refractivity (Wildman–Crippen MR) is 83.2 cm³/mol. The van der Waals surface area contributed by atoms with E-state index in [1.165, 1.54) is 16.7 Å². The number of benzene rings is 2. The molecule has 0 aliphatic rings. The third kappa shape index (κ3) is 2.35. The molecule has 0 amide bonds. The highest BCUT2D eigenvalue weighted by atomic mass is 19.1. The Labute approximate surface area is 126 Å². The van der Waals surface area contributed by atoms with Crippen molar-refractivity contribution in [2.45, 2.75) is 13.3 Å². The summed E-state index contributed by atoms with van der Waals surface area (Å²) in [4.78, 5) is 17.4. The summed E-state index contributed by atoms with van der Waals surface area (Å²) in [5, 5.41) is 0.473. The lowest BCUT2D eigenvalue weighted by Gasteiger charge is -2.13. The predicted octanol–water partition coefficient (Wildman–Crippen LogP) is 3.10. The number of aryl methyl sites for hydroxylation is 1. The molecule has 0 N–H and O–H groups in total. The Morgan fingerprint density at radius 1 is 1.18 bits per heavy atom. The van der Waals surface area contributed by atoms with Crippen LogP contribution < -0.4 is 10.3 Å². The van der Waals surface area contributed by atoms with Crippen LogP contribution in [-0.4, -0.2) is 16.7 Å². The van der Waals surface area contributed by atoms with Crippen LogP contribution in [0.4, 0.5) is 4.39 Å². The first kappa shape index (κ1) is 14.3. The van der Waals surface area contributed by atoms with E-state index in [0.717, 1.165) is 0 Å². The molecular formula is C17H15FN2O2. The van der Waals surface area contributed by atoms with E-state index in [2.05, 4.69) is 4.98 Å². The Morgan fingerprint density at radius 2 is 1.91 bits per heavy atom. The van der Waals surface area contributed by atoms with Crippen molar-refractivity contribution in [3.05, 3.63) is 64.5 Å². The van der Waals surface area contributed by atoms with Crippen molar-refractivity contribution in [2.75, 3.05) is 7.11 Å². The van der Waals surface area contributed by atoms with Gasteiger partial charge in [-0.3, -0.25) is 9.36 Å². The summed E-state index contributed by atoms with van der Waals surface area (Å²) in [6.45, 7) is 1.93. The first-order valence-corrected chi connectivity index (χ1v) is 6.99. The Hall–Kier alpha value is -2.69. The smallest absolute Gasteiger partial charge is 0.266 e. The number of methoxy groups -OCH3 is 1. The van der Waals surface area contributed by atoms with Gasteiger partial charge in [-0.15, -0.1) is 0 Å². The minimum Gasteiger partial charge on any atom is -0.497 e. The summed E-state index contributed by atoms with van der Waals surface area (Å²) in [6, 6.07) is 11.0. The number of nitrogens with zero attached hydrogens (tertiary/aromatic N) is 2. The molecule has 112 valence electrons. The quantitative estimate of drug-likeness (QED) is 0.746. The summed E-state index contributed by atoms with van der Waals surface area (Å²) in [5.74, 6) is 0.890. The summed E-state index contributed by atoms with van der Waals surface area (Å²) in [6.07, 6.45) is 0.592. The lowest BCUT2D eigenvalue weighted by atomic mass is 10.2. The van der Waals surface area contributed by atoms with Gasteiger partial charge in [-0.1, -0.05) is 6.92 Å². The maximum atomic E-state index is 13.1. The standard InChI is InChI=1S/C17H15FN2O2/c1-3-16-19-15-9-8-13(22-2)10-14(15)17(21)20(16)12-6-4-11(18)5-7-12/h4-10H,3H2,1-2H3. The van der Waals surface area contributed by atoms with Crippen molar-refractivity contribution in [3.8, 4) is 11.4 Å². The highest BCUT2D eigenvalue weighted by Crippen LogP contribution is 2.19. The van der Waals surface area contributed by atoms with Crippen molar-refractivity contribution in [2.24, 2.45) is 0 Å². The number of hydrogen-bond acceptors (Lipinski definition) is 3. The number of halogens is 1. The SMILES string of the molecule is CCc1nc2ccc(OC)cc2c(=O)n1-c1ccc(F)cc1. The van der Waals surface area contributed by atoms with Gasteiger partial charge >= 0.3 is 0 Å². The average molecular weight is 298 g/mol. The lowest BCUT2D eigenvalue weighted by Crippen LogP contribution is -2.23. The first-order chi connectivity index (χ1) is 10.6. The van der Waals surface area contributed by atoms with Crippen LogP contribution >= 0.6 is 0 Å². The first-order valence-electron chi connectivity index (χ1n) is 6.99. The maximum absolute atomic E-state index is 13.1. The molecule has 1 heterocycles. The van der Waals surface area contributed by atoms with E-state index in [0.29, 0.717) is 34.6 Å². The van der Waals surface area contributed by atoms with Crippen LogP contribution in [0.5, 0.6) is 5.75 Å². The highest BCUT2D eigenvalue weighted by molar-refractivity contribution is 5.79. The topological polar surface area (TPSA) is 44.1 Å². The van der Waals surface area contributed by atoms with Gasteiger partial charge in [0.05, 0.1) is 23.7 Å². The number of fused-ring (bicyclic) bond motifs is 1. The Balaban J connectivity index is 2.34.